The number of aromatic nitrogens is 1. The maximum atomic E-state index is 12.0. The van der Waals surface area contributed by atoms with Crippen LogP contribution in [-0.2, 0) is 16.6 Å². The van der Waals surface area contributed by atoms with Crippen LogP contribution in [-0.4, -0.2) is 19.4 Å². The summed E-state index contributed by atoms with van der Waals surface area (Å²) in [6.07, 6.45) is 3.51. The largest absolute Gasteiger partial charge is 0.444 e. The van der Waals surface area contributed by atoms with Crippen molar-refractivity contribution in [2.75, 3.05) is 5.32 Å². The number of hydrogen-bond donors (Lipinski definition) is 2. The SMILES string of the molecule is Cc1cnc(CNc2ccc(S(=O)(=O)NC3CC3)cc2)o1. The second-order valence-corrected chi connectivity index (χ2v) is 6.85. The molecule has 1 aromatic heterocycles. The number of aryl methyl sites for hydroxylation is 1. The summed E-state index contributed by atoms with van der Waals surface area (Å²) in [6.45, 7) is 2.29. The second-order valence-electron chi connectivity index (χ2n) is 5.14. The van der Waals surface area contributed by atoms with Gasteiger partial charge >= 0.3 is 0 Å². The summed E-state index contributed by atoms with van der Waals surface area (Å²) >= 11 is 0. The molecule has 0 bridgehead atoms. The predicted octanol–water partition coefficient (Wildman–Crippen LogP) is 2.04. The molecule has 0 amide bonds. The van der Waals surface area contributed by atoms with Crippen LogP contribution in [0.25, 0.3) is 0 Å². The van der Waals surface area contributed by atoms with Gasteiger partial charge in [0.05, 0.1) is 17.6 Å². The highest BCUT2D eigenvalue weighted by Crippen LogP contribution is 2.22. The van der Waals surface area contributed by atoms with Crippen molar-refractivity contribution in [3.05, 3.63) is 42.1 Å². The Morgan fingerprint density at radius 1 is 1.29 bits per heavy atom. The molecule has 1 aliphatic rings. The fourth-order valence-corrected chi connectivity index (χ4v) is 3.21. The van der Waals surface area contributed by atoms with Crippen LogP contribution in [0.15, 0.2) is 39.8 Å². The van der Waals surface area contributed by atoms with E-state index in [2.05, 4.69) is 15.0 Å². The zero-order chi connectivity index (χ0) is 14.9. The number of sulfonamides is 1. The van der Waals surface area contributed by atoms with Gasteiger partial charge < -0.3 is 9.73 Å². The van der Waals surface area contributed by atoms with Crippen LogP contribution in [0.4, 0.5) is 5.69 Å². The molecule has 6 nitrogen and oxygen atoms in total. The summed E-state index contributed by atoms with van der Waals surface area (Å²) in [5.41, 5.74) is 0.816. The Bertz CT molecular complexity index is 718. The van der Waals surface area contributed by atoms with Gasteiger partial charge in [0.1, 0.15) is 5.76 Å². The smallest absolute Gasteiger partial charge is 0.240 e. The van der Waals surface area contributed by atoms with Gasteiger partial charge in [-0.2, -0.15) is 0 Å². The zero-order valence-electron chi connectivity index (χ0n) is 11.7. The number of nitrogens with zero attached hydrogens (tertiary/aromatic N) is 1. The van der Waals surface area contributed by atoms with E-state index in [0.717, 1.165) is 24.3 Å². The van der Waals surface area contributed by atoms with Crippen LogP contribution in [0, 0.1) is 6.92 Å². The van der Waals surface area contributed by atoms with Gasteiger partial charge in [-0.25, -0.2) is 18.1 Å². The van der Waals surface area contributed by atoms with Crippen molar-refractivity contribution in [3.8, 4) is 0 Å². The molecule has 3 rings (SSSR count). The number of nitrogens with one attached hydrogen (secondary N) is 2. The molecule has 0 aliphatic heterocycles. The topological polar surface area (TPSA) is 84.2 Å². The molecule has 0 atom stereocenters. The summed E-state index contributed by atoms with van der Waals surface area (Å²) < 4.78 is 32.0. The molecule has 0 spiro atoms. The van der Waals surface area contributed by atoms with E-state index in [0.29, 0.717) is 12.4 Å². The minimum Gasteiger partial charge on any atom is -0.444 e. The van der Waals surface area contributed by atoms with Gasteiger partial charge in [-0.1, -0.05) is 0 Å². The van der Waals surface area contributed by atoms with Crippen LogP contribution >= 0.6 is 0 Å². The standard InChI is InChI=1S/C14H17N3O3S/c1-10-8-16-14(20-10)9-15-11-4-6-13(7-5-11)21(18,19)17-12-2-3-12/h4-8,12,15,17H,2-3,9H2,1H3. The highest BCUT2D eigenvalue weighted by atomic mass is 32.2. The van der Waals surface area contributed by atoms with E-state index in [4.69, 9.17) is 4.42 Å². The summed E-state index contributed by atoms with van der Waals surface area (Å²) in [7, 11) is -3.39. The van der Waals surface area contributed by atoms with Crippen molar-refractivity contribution < 1.29 is 12.8 Å². The van der Waals surface area contributed by atoms with E-state index < -0.39 is 10.0 Å². The highest BCUT2D eigenvalue weighted by molar-refractivity contribution is 7.89. The molecule has 1 saturated carbocycles. The quantitative estimate of drug-likeness (QED) is 0.853. The fourth-order valence-electron chi connectivity index (χ4n) is 1.90. The maximum Gasteiger partial charge on any atom is 0.240 e. The summed E-state index contributed by atoms with van der Waals surface area (Å²) in [5, 5.41) is 3.13. The van der Waals surface area contributed by atoms with Crippen molar-refractivity contribution in [1.29, 1.82) is 0 Å². The summed E-state index contributed by atoms with van der Waals surface area (Å²) in [6, 6.07) is 6.76. The molecule has 1 heterocycles. The van der Waals surface area contributed by atoms with Crippen LogP contribution < -0.4 is 10.0 Å². The van der Waals surface area contributed by atoms with Crippen LogP contribution in [0.2, 0.25) is 0 Å². The first-order valence-corrected chi connectivity index (χ1v) is 8.29. The number of hydrogen-bond acceptors (Lipinski definition) is 5. The van der Waals surface area contributed by atoms with Crippen molar-refractivity contribution in [2.45, 2.75) is 37.2 Å². The van der Waals surface area contributed by atoms with Crippen LogP contribution in [0.5, 0.6) is 0 Å². The Balaban J connectivity index is 1.63. The van der Waals surface area contributed by atoms with Crippen molar-refractivity contribution in [3.63, 3.8) is 0 Å². The van der Waals surface area contributed by atoms with Crippen molar-refractivity contribution >= 4 is 15.7 Å². The lowest BCUT2D eigenvalue weighted by Crippen LogP contribution is -2.25. The lowest BCUT2D eigenvalue weighted by Gasteiger charge is -2.07. The minimum atomic E-state index is -3.39. The lowest BCUT2D eigenvalue weighted by atomic mass is 10.3. The van der Waals surface area contributed by atoms with Crippen molar-refractivity contribution in [1.82, 2.24) is 9.71 Å². The van der Waals surface area contributed by atoms with Crippen LogP contribution in [0.1, 0.15) is 24.5 Å². The molecule has 2 aromatic rings. The molecule has 21 heavy (non-hydrogen) atoms. The monoisotopic (exact) mass is 307 g/mol. The Morgan fingerprint density at radius 2 is 2.00 bits per heavy atom. The second kappa shape index (κ2) is 5.50. The van der Waals surface area contributed by atoms with Gasteiger partial charge in [0.25, 0.3) is 0 Å². The van der Waals surface area contributed by atoms with Gasteiger partial charge in [0.2, 0.25) is 15.9 Å². The van der Waals surface area contributed by atoms with E-state index in [9.17, 15) is 8.42 Å². The Morgan fingerprint density at radius 3 is 2.57 bits per heavy atom. The highest BCUT2D eigenvalue weighted by Gasteiger charge is 2.27. The molecule has 0 saturated heterocycles. The maximum absolute atomic E-state index is 12.0. The fraction of sp³-hybridized carbons (Fsp3) is 0.357. The molecule has 1 aliphatic carbocycles. The summed E-state index contributed by atoms with van der Waals surface area (Å²) in [4.78, 5) is 4.38. The Kier molecular flexibility index (Phi) is 3.69. The number of benzene rings is 1. The molecule has 1 aromatic carbocycles. The van der Waals surface area contributed by atoms with E-state index >= 15 is 0 Å². The zero-order valence-corrected chi connectivity index (χ0v) is 12.5. The number of anilines is 1. The molecule has 112 valence electrons. The van der Waals surface area contributed by atoms with Gasteiger partial charge in [-0.3, -0.25) is 0 Å². The van der Waals surface area contributed by atoms with Gasteiger partial charge in [-0.15, -0.1) is 0 Å². The molecule has 0 unspecified atom stereocenters. The van der Waals surface area contributed by atoms with Gasteiger partial charge in [0.15, 0.2) is 0 Å². The van der Waals surface area contributed by atoms with Gasteiger partial charge in [-0.05, 0) is 44.0 Å². The molecule has 1 fully saturated rings. The third-order valence-corrected chi connectivity index (χ3v) is 4.71. The lowest BCUT2D eigenvalue weighted by molar-refractivity contribution is 0.479. The molecule has 2 N–H and O–H groups in total. The molecule has 0 radical (unpaired) electrons. The first-order chi connectivity index (χ1) is 10.0. The Labute approximate surface area is 123 Å². The van der Waals surface area contributed by atoms with Crippen molar-refractivity contribution in [2.24, 2.45) is 0 Å². The molecule has 7 heteroatoms. The van der Waals surface area contributed by atoms with Gasteiger partial charge in [0, 0.05) is 11.7 Å². The average molecular weight is 307 g/mol. The Hall–Kier alpha value is -1.86. The molecular weight excluding hydrogens is 290 g/mol. The molecular formula is C14H17N3O3S. The third kappa shape index (κ3) is 3.62. The first kappa shape index (κ1) is 14.1. The van der Waals surface area contributed by atoms with E-state index in [1.807, 2.05) is 6.92 Å². The summed E-state index contributed by atoms with van der Waals surface area (Å²) in [5.74, 6) is 1.36. The third-order valence-electron chi connectivity index (χ3n) is 3.18. The minimum absolute atomic E-state index is 0.112. The first-order valence-electron chi connectivity index (χ1n) is 6.80. The predicted molar refractivity (Wildman–Crippen MR) is 78.4 cm³/mol. The van der Waals surface area contributed by atoms with E-state index in [-0.39, 0.29) is 10.9 Å². The number of oxazole rings is 1. The van der Waals surface area contributed by atoms with Crippen LogP contribution in [0.3, 0.4) is 0 Å². The van der Waals surface area contributed by atoms with E-state index in [1.165, 1.54) is 0 Å². The number of rotatable bonds is 6. The van der Waals surface area contributed by atoms with E-state index in [1.54, 1.807) is 30.5 Å². The normalized spacial score (nSPS) is 15.1. The average Bonchev–Trinajstić information content (AvgIpc) is 3.16.